The van der Waals surface area contributed by atoms with Gasteiger partial charge in [0.05, 0.1) is 5.01 Å². The molecule has 34 valence electrons. The van der Waals surface area contributed by atoms with E-state index in [0.717, 1.165) is 5.01 Å². The van der Waals surface area contributed by atoms with Crippen LogP contribution in [0.25, 0.3) is 0 Å². The average Bonchev–Trinajstić information content (AvgIpc) is 1.86. The third-order valence-electron chi connectivity index (χ3n) is 0.556. The molecule has 1 heterocycles. The van der Waals surface area contributed by atoms with Crippen LogP contribution in [0, 0.1) is 6.92 Å². The summed E-state index contributed by atoms with van der Waals surface area (Å²) in [5, 5.41) is 3.10. The standard InChI is InChI=1S/C4H5NS.Na.H/c1-4-5-2-3-6-4;;/h2-3H,1H3;;. The quantitative estimate of drug-likeness (QED) is 0.465. The fourth-order valence-corrected chi connectivity index (χ4v) is 0.735. The zero-order valence-electron chi connectivity index (χ0n) is 3.51. The van der Waals surface area contributed by atoms with E-state index in [9.17, 15) is 0 Å². The van der Waals surface area contributed by atoms with Gasteiger partial charge < -0.3 is 0 Å². The van der Waals surface area contributed by atoms with Gasteiger partial charge in [0.1, 0.15) is 0 Å². The number of aryl methyl sites for hydroxylation is 1. The van der Waals surface area contributed by atoms with Gasteiger partial charge in [-0.05, 0) is 6.92 Å². The summed E-state index contributed by atoms with van der Waals surface area (Å²) in [5.41, 5.74) is 0. The van der Waals surface area contributed by atoms with Crippen LogP contribution in [0.5, 0.6) is 0 Å². The number of hydrogen-bond donors (Lipinski definition) is 0. The molecular formula is C4H6NNaS. The Balaban J connectivity index is 0.000000360. The zero-order chi connectivity index (χ0) is 4.41. The topological polar surface area (TPSA) is 12.9 Å². The van der Waals surface area contributed by atoms with E-state index >= 15 is 0 Å². The maximum atomic E-state index is 3.94. The third kappa shape index (κ3) is 2.44. The van der Waals surface area contributed by atoms with E-state index in [2.05, 4.69) is 4.98 Å². The molecule has 1 nitrogen and oxygen atoms in total. The molecule has 7 heavy (non-hydrogen) atoms. The van der Waals surface area contributed by atoms with Crippen molar-refractivity contribution in [3.8, 4) is 0 Å². The fraction of sp³-hybridized carbons (Fsp3) is 0.250. The second kappa shape index (κ2) is 3.61. The number of aromatic nitrogens is 1. The van der Waals surface area contributed by atoms with Crippen molar-refractivity contribution in [2.24, 2.45) is 0 Å². The summed E-state index contributed by atoms with van der Waals surface area (Å²) in [7, 11) is 0. The fourth-order valence-electron chi connectivity index (χ4n) is 0.295. The Labute approximate surface area is 69.1 Å². The van der Waals surface area contributed by atoms with Crippen molar-refractivity contribution in [3.63, 3.8) is 0 Å². The molecule has 0 aliphatic rings. The molecule has 0 saturated heterocycles. The van der Waals surface area contributed by atoms with E-state index in [1.165, 1.54) is 0 Å². The first kappa shape index (κ1) is 7.63. The summed E-state index contributed by atoms with van der Waals surface area (Å²) in [6.07, 6.45) is 1.81. The monoisotopic (exact) mass is 123 g/mol. The summed E-state index contributed by atoms with van der Waals surface area (Å²) in [4.78, 5) is 3.94. The summed E-state index contributed by atoms with van der Waals surface area (Å²) < 4.78 is 0. The van der Waals surface area contributed by atoms with Crippen molar-refractivity contribution in [1.82, 2.24) is 4.98 Å². The van der Waals surface area contributed by atoms with Crippen LogP contribution in [-0.2, 0) is 0 Å². The summed E-state index contributed by atoms with van der Waals surface area (Å²) in [5.74, 6) is 0. The molecule has 0 unspecified atom stereocenters. The first-order valence-corrected chi connectivity index (χ1v) is 2.63. The van der Waals surface area contributed by atoms with Gasteiger partial charge in [-0.3, -0.25) is 4.98 Å². The van der Waals surface area contributed by atoms with Gasteiger partial charge in [-0.15, -0.1) is 11.3 Å². The van der Waals surface area contributed by atoms with Crippen LogP contribution >= 0.6 is 11.3 Å². The van der Waals surface area contributed by atoms with Gasteiger partial charge >= 0.3 is 29.6 Å². The molecular weight excluding hydrogens is 117 g/mol. The molecule has 0 spiro atoms. The van der Waals surface area contributed by atoms with Gasteiger partial charge in [-0.2, -0.15) is 0 Å². The molecule has 3 heteroatoms. The van der Waals surface area contributed by atoms with Gasteiger partial charge in [-0.1, -0.05) is 0 Å². The molecule has 0 bridgehead atoms. The molecule has 0 fully saturated rings. The van der Waals surface area contributed by atoms with Gasteiger partial charge in [-0.25, -0.2) is 0 Å². The second-order valence-corrected chi connectivity index (χ2v) is 2.15. The normalized spacial score (nSPS) is 7.57. The minimum atomic E-state index is 0. The van der Waals surface area contributed by atoms with Crippen molar-refractivity contribution in [3.05, 3.63) is 16.6 Å². The Hall–Kier alpha value is 0.630. The molecule has 0 aliphatic heterocycles. The number of thiazole rings is 1. The molecule has 0 atom stereocenters. The van der Waals surface area contributed by atoms with Crippen molar-refractivity contribution in [1.29, 1.82) is 0 Å². The molecule has 0 saturated carbocycles. The van der Waals surface area contributed by atoms with Crippen molar-refractivity contribution in [2.75, 3.05) is 0 Å². The average molecular weight is 123 g/mol. The second-order valence-electron chi connectivity index (χ2n) is 1.05. The first-order chi connectivity index (χ1) is 2.89. The first-order valence-electron chi connectivity index (χ1n) is 1.75. The maximum absolute atomic E-state index is 3.94. The Morgan fingerprint density at radius 3 is 2.57 bits per heavy atom. The predicted molar refractivity (Wildman–Crippen MR) is 34.0 cm³/mol. The molecule has 1 aromatic heterocycles. The van der Waals surface area contributed by atoms with E-state index in [4.69, 9.17) is 0 Å². The van der Waals surface area contributed by atoms with E-state index in [-0.39, 0.29) is 29.6 Å². The van der Waals surface area contributed by atoms with E-state index in [1.54, 1.807) is 17.5 Å². The molecule has 1 aromatic rings. The van der Waals surface area contributed by atoms with Crippen LogP contribution in [-0.4, -0.2) is 34.5 Å². The molecule has 0 aliphatic carbocycles. The van der Waals surface area contributed by atoms with E-state index in [1.807, 2.05) is 12.3 Å². The molecule has 0 radical (unpaired) electrons. The van der Waals surface area contributed by atoms with Gasteiger partial charge in [0.15, 0.2) is 0 Å². The van der Waals surface area contributed by atoms with Crippen molar-refractivity contribution >= 4 is 40.9 Å². The third-order valence-corrected chi connectivity index (χ3v) is 1.26. The van der Waals surface area contributed by atoms with Crippen LogP contribution in [0.15, 0.2) is 11.6 Å². The van der Waals surface area contributed by atoms with Crippen LogP contribution in [0.3, 0.4) is 0 Å². The Kier molecular flexibility index (Phi) is 3.93. The molecule has 0 aromatic carbocycles. The Morgan fingerprint density at radius 2 is 2.43 bits per heavy atom. The van der Waals surface area contributed by atoms with E-state index in [0.29, 0.717) is 0 Å². The SMILES string of the molecule is Cc1nccs1.[NaH]. The van der Waals surface area contributed by atoms with Crippen molar-refractivity contribution < 1.29 is 0 Å². The number of hydrogen-bond acceptors (Lipinski definition) is 2. The number of nitrogens with zero attached hydrogens (tertiary/aromatic N) is 1. The predicted octanol–water partition coefficient (Wildman–Crippen LogP) is 0.803. The Morgan fingerprint density at radius 1 is 1.71 bits per heavy atom. The summed E-state index contributed by atoms with van der Waals surface area (Å²) in [6.45, 7) is 1.99. The molecule has 1 rings (SSSR count). The zero-order valence-corrected chi connectivity index (χ0v) is 4.33. The van der Waals surface area contributed by atoms with Crippen LogP contribution in [0.2, 0.25) is 0 Å². The Bertz CT molecular complexity index is 115. The van der Waals surface area contributed by atoms with E-state index < -0.39 is 0 Å². The summed E-state index contributed by atoms with van der Waals surface area (Å²) in [6, 6.07) is 0. The van der Waals surface area contributed by atoms with Gasteiger partial charge in [0.2, 0.25) is 0 Å². The van der Waals surface area contributed by atoms with Gasteiger partial charge in [0.25, 0.3) is 0 Å². The van der Waals surface area contributed by atoms with Crippen LogP contribution in [0.4, 0.5) is 0 Å². The molecule has 0 N–H and O–H groups in total. The summed E-state index contributed by atoms with van der Waals surface area (Å²) >= 11 is 1.67. The molecule has 0 amide bonds. The van der Waals surface area contributed by atoms with Crippen molar-refractivity contribution in [2.45, 2.75) is 6.92 Å². The minimum absolute atomic E-state index is 0. The number of rotatable bonds is 0. The van der Waals surface area contributed by atoms with Gasteiger partial charge in [0, 0.05) is 11.6 Å². The van der Waals surface area contributed by atoms with Crippen LogP contribution < -0.4 is 0 Å². The van der Waals surface area contributed by atoms with Crippen LogP contribution in [0.1, 0.15) is 5.01 Å².